The van der Waals surface area contributed by atoms with Crippen molar-refractivity contribution in [2.24, 2.45) is 5.73 Å². The lowest BCUT2D eigenvalue weighted by Crippen LogP contribution is -2.43. The Labute approximate surface area is 111 Å². The van der Waals surface area contributed by atoms with E-state index < -0.39 is 0 Å². The van der Waals surface area contributed by atoms with Crippen molar-refractivity contribution in [3.8, 4) is 0 Å². The third-order valence-electron chi connectivity index (χ3n) is 3.27. The van der Waals surface area contributed by atoms with Gasteiger partial charge in [-0.05, 0) is 25.0 Å². The number of aromatic nitrogens is 2. The standard InChI is InChI=1S/C13H15ClN4/c14-12-13(18-7-3-4-9(15)8-18)17-11-6-2-1-5-10(11)16-12/h1-2,5-6,9H,3-4,7-8,15H2. The van der Waals surface area contributed by atoms with Crippen molar-refractivity contribution in [3.63, 3.8) is 0 Å². The van der Waals surface area contributed by atoms with Crippen molar-refractivity contribution in [3.05, 3.63) is 29.4 Å². The number of rotatable bonds is 1. The van der Waals surface area contributed by atoms with Crippen LogP contribution in [0.3, 0.4) is 0 Å². The summed E-state index contributed by atoms with van der Waals surface area (Å²) in [6.07, 6.45) is 2.14. The molecule has 1 aliphatic rings. The van der Waals surface area contributed by atoms with Gasteiger partial charge < -0.3 is 10.6 Å². The molecule has 1 atom stereocenters. The van der Waals surface area contributed by atoms with E-state index in [2.05, 4.69) is 14.9 Å². The van der Waals surface area contributed by atoms with Crippen LogP contribution in [0.5, 0.6) is 0 Å². The first-order valence-corrected chi connectivity index (χ1v) is 6.54. The van der Waals surface area contributed by atoms with E-state index in [0.717, 1.165) is 42.8 Å². The second-order valence-electron chi connectivity index (χ2n) is 4.68. The molecule has 3 rings (SSSR count). The summed E-state index contributed by atoms with van der Waals surface area (Å²) in [4.78, 5) is 11.1. The summed E-state index contributed by atoms with van der Waals surface area (Å²) in [6, 6.07) is 7.95. The fourth-order valence-electron chi connectivity index (χ4n) is 2.37. The Morgan fingerprint density at radius 2 is 1.94 bits per heavy atom. The minimum Gasteiger partial charge on any atom is -0.352 e. The Kier molecular flexibility index (Phi) is 3.06. The van der Waals surface area contributed by atoms with Gasteiger partial charge in [0.1, 0.15) is 0 Å². The van der Waals surface area contributed by atoms with E-state index >= 15 is 0 Å². The van der Waals surface area contributed by atoms with Crippen LogP contribution in [0.25, 0.3) is 11.0 Å². The first-order valence-electron chi connectivity index (χ1n) is 6.17. The van der Waals surface area contributed by atoms with Crippen LogP contribution < -0.4 is 10.6 Å². The summed E-state index contributed by atoms with van der Waals surface area (Å²) in [7, 11) is 0. The molecule has 0 aliphatic carbocycles. The average molecular weight is 263 g/mol. The second-order valence-corrected chi connectivity index (χ2v) is 5.03. The normalized spacial score (nSPS) is 20.3. The maximum absolute atomic E-state index is 6.23. The van der Waals surface area contributed by atoms with Crippen LogP contribution in [0.15, 0.2) is 24.3 Å². The van der Waals surface area contributed by atoms with Crippen molar-refractivity contribution >= 4 is 28.5 Å². The predicted molar refractivity (Wildman–Crippen MR) is 74.0 cm³/mol. The average Bonchev–Trinajstić information content (AvgIpc) is 2.38. The number of hydrogen-bond donors (Lipinski definition) is 1. The Balaban J connectivity index is 2.02. The molecule has 2 aromatic rings. The quantitative estimate of drug-likeness (QED) is 0.856. The van der Waals surface area contributed by atoms with Gasteiger partial charge in [0.2, 0.25) is 0 Å². The fraction of sp³-hybridized carbons (Fsp3) is 0.385. The zero-order chi connectivity index (χ0) is 12.5. The van der Waals surface area contributed by atoms with Crippen molar-refractivity contribution in [1.29, 1.82) is 0 Å². The number of para-hydroxylation sites is 2. The van der Waals surface area contributed by atoms with E-state index in [4.69, 9.17) is 17.3 Å². The molecule has 0 radical (unpaired) electrons. The van der Waals surface area contributed by atoms with Crippen molar-refractivity contribution in [2.75, 3.05) is 18.0 Å². The van der Waals surface area contributed by atoms with Crippen molar-refractivity contribution in [2.45, 2.75) is 18.9 Å². The lowest BCUT2D eigenvalue weighted by atomic mass is 10.1. The third-order valence-corrected chi connectivity index (χ3v) is 3.52. The molecule has 1 unspecified atom stereocenters. The maximum atomic E-state index is 6.23. The minimum absolute atomic E-state index is 0.197. The largest absolute Gasteiger partial charge is 0.352 e. The predicted octanol–water partition coefficient (Wildman–Crippen LogP) is 2.21. The zero-order valence-electron chi connectivity index (χ0n) is 10.0. The van der Waals surface area contributed by atoms with Gasteiger partial charge in [0, 0.05) is 19.1 Å². The maximum Gasteiger partial charge on any atom is 0.172 e. The Hall–Kier alpha value is -1.39. The topological polar surface area (TPSA) is 55.0 Å². The van der Waals surface area contributed by atoms with E-state index in [-0.39, 0.29) is 6.04 Å². The van der Waals surface area contributed by atoms with Gasteiger partial charge in [0.25, 0.3) is 0 Å². The van der Waals surface area contributed by atoms with Crippen LogP contribution in [0.2, 0.25) is 5.15 Å². The lowest BCUT2D eigenvalue weighted by Gasteiger charge is -2.31. The highest BCUT2D eigenvalue weighted by Gasteiger charge is 2.21. The van der Waals surface area contributed by atoms with Crippen molar-refractivity contribution in [1.82, 2.24) is 9.97 Å². The van der Waals surface area contributed by atoms with E-state index in [9.17, 15) is 0 Å². The van der Waals surface area contributed by atoms with E-state index in [1.54, 1.807) is 0 Å². The van der Waals surface area contributed by atoms with Gasteiger partial charge in [-0.15, -0.1) is 0 Å². The SMILES string of the molecule is NC1CCCN(c2nc3ccccc3nc2Cl)C1. The number of nitrogens with zero attached hydrogens (tertiary/aromatic N) is 3. The highest BCUT2D eigenvalue weighted by atomic mass is 35.5. The molecule has 1 fully saturated rings. The number of anilines is 1. The molecule has 18 heavy (non-hydrogen) atoms. The minimum atomic E-state index is 0.197. The first-order chi connectivity index (χ1) is 8.74. The third kappa shape index (κ3) is 2.13. The summed E-state index contributed by atoms with van der Waals surface area (Å²) in [6.45, 7) is 1.74. The van der Waals surface area contributed by atoms with Crippen LogP contribution in [0.4, 0.5) is 5.82 Å². The van der Waals surface area contributed by atoms with E-state index in [1.165, 1.54) is 0 Å². The number of piperidine rings is 1. The molecule has 2 heterocycles. The molecule has 1 aromatic carbocycles. The second kappa shape index (κ2) is 4.71. The number of fused-ring (bicyclic) bond motifs is 1. The number of halogens is 1. The van der Waals surface area contributed by atoms with Crippen LogP contribution >= 0.6 is 11.6 Å². The molecule has 0 bridgehead atoms. The summed E-state index contributed by atoms with van der Waals surface area (Å²) >= 11 is 6.23. The molecular weight excluding hydrogens is 248 g/mol. The summed E-state index contributed by atoms with van der Waals surface area (Å²) in [5.41, 5.74) is 7.69. The zero-order valence-corrected chi connectivity index (χ0v) is 10.8. The monoisotopic (exact) mass is 262 g/mol. The van der Waals surface area contributed by atoms with E-state index in [1.807, 2.05) is 24.3 Å². The molecule has 2 N–H and O–H groups in total. The number of hydrogen-bond acceptors (Lipinski definition) is 4. The van der Waals surface area contributed by atoms with Crippen molar-refractivity contribution < 1.29 is 0 Å². The Morgan fingerprint density at radius 1 is 1.22 bits per heavy atom. The fourth-order valence-corrected chi connectivity index (χ4v) is 2.63. The molecule has 1 aromatic heterocycles. The molecule has 0 saturated carbocycles. The Morgan fingerprint density at radius 3 is 2.67 bits per heavy atom. The summed E-state index contributed by atoms with van der Waals surface area (Å²) < 4.78 is 0. The van der Waals surface area contributed by atoms with E-state index in [0.29, 0.717) is 5.15 Å². The Bertz CT molecular complexity index is 572. The molecule has 0 spiro atoms. The lowest BCUT2D eigenvalue weighted by molar-refractivity contribution is 0.503. The highest BCUT2D eigenvalue weighted by molar-refractivity contribution is 6.32. The van der Waals surface area contributed by atoms with Gasteiger partial charge in [0.05, 0.1) is 11.0 Å². The van der Waals surface area contributed by atoms with Gasteiger partial charge in [-0.2, -0.15) is 0 Å². The van der Waals surface area contributed by atoms with Crippen LogP contribution in [0, 0.1) is 0 Å². The van der Waals surface area contributed by atoms with Crippen LogP contribution in [0.1, 0.15) is 12.8 Å². The summed E-state index contributed by atoms with van der Waals surface area (Å²) in [5.74, 6) is 0.755. The molecule has 94 valence electrons. The molecular formula is C13H15ClN4. The van der Waals surface area contributed by atoms with Gasteiger partial charge in [-0.3, -0.25) is 0 Å². The van der Waals surface area contributed by atoms with Gasteiger partial charge in [0.15, 0.2) is 11.0 Å². The molecule has 1 aliphatic heterocycles. The highest BCUT2D eigenvalue weighted by Crippen LogP contribution is 2.26. The van der Waals surface area contributed by atoms with Gasteiger partial charge in [-0.25, -0.2) is 9.97 Å². The molecule has 1 saturated heterocycles. The molecule has 4 nitrogen and oxygen atoms in total. The smallest absolute Gasteiger partial charge is 0.172 e. The number of nitrogens with two attached hydrogens (primary N) is 1. The first kappa shape index (κ1) is 11.7. The van der Waals surface area contributed by atoms with Crippen LogP contribution in [-0.2, 0) is 0 Å². The molecule has 0 amide bonds. The summed E-state index contributed by atoms with van der Waals surface area (Å²) in [5, 5.41) is 0.461. The van der Waals surface area contributed by atoms with Gasteiger partial charge in [-0.1, -0.05) is 23.7 Å². The van der Waals surface area contributed by atoms with Crippen LogP contribution in [-0.4, -0.2) is 29.1 Å². The molecule has 5 heteroatoms. The number of benzene rings is 1. The van der Waals surface area contributed by atoms with Gasteiger partial charge >= 0.3 is 0 Å².